The third-order valence-corrected chi connectivity index (χ3v) is 5.03. The third kappa shape index (κ3) is 4.28. The second-order valence-electron chi connectivity index (χ2n) is 7.05. The van der Waals surface area contributed by atoms with E-state index in [0.29, 0.717) is 11.6 Å². The molecule has 0 amide bonds. The normalized spacial score (nSPS) is 15.9. The molecule has 1 fully saturated rings. The summed E-state index contributed by atoms with van der Waals surface area (Å²) in [5, 5.41) is 8.46. The molecule has 0 aromatic carbocycles. The molecule has 27 heavy (non-hydrogen) atoms. The van der Waals surface area contributed by atoms with Gasteiger partial charge in [0, 0.05) is 44.2 Å². The lowest BCUT2D eigenvalue weighted by molar-refractivity contribution is 0.164. The first-order valence-electron chi connectivity index (χ1n) is 9.22. The second kappa shape index (κ2) is 7.79. The minimum atomic E-state index is -0.00848. The van der Waals surface area contributed by atoms with Crippen LogP contribution in [0.5, 0.6) is 0 Å². The van der Waals surface area contributed by atoms with Gasteiger partial charge in [-0.05, 0) is 44.0 Å². The average molecular weight is 365 g/mol. The van der Waals surface area contributed by atoms with Gasteiger partial charge in [0.2, 0.25) is 0 Å². The molecule has 4 rings (SSSR count). The Morgan fingerprint density at radius 1 is 1.22 bits per heavy atom. The number of aryl methyl sites for hydroxylation is 1. The monoisotopic (exact) mass is 365 g/mol. The van der Waals surface area contributed by atoms with E-state index in [4.69, 9.17) is 0 Å². The lowest BCUT2D eigenvalue weighted by Crippen LogP contribution is -2.36. The van der Waals surface area contributed by atoms with E-state index in [-0.39, 0.29) is 5.56 Å². The van der Waals surface area contributed by atoms with Crippen LogP contribution in [-0.2, 0) is 20.1 Å². The first-order valence-corrected chi connectivity index (χ1v) is 9.22. The van der Waals surface area contributed by atoms with Crippen molar-refractivity contribution >= 4 is 0 Å². The van der Waals surface area contributed by atoms with Crippen molar-refractivity contribution in [3.05, 3.63) is 59.2 Å². The molecular formula is C19H23N7O. The number of hydrogen-bond acceptors (Lipinski definition) is 6. The molecule has 0 aliphatic carbocycles. The Balaban J connectivity index is 1.34. The second-order valence-corrected chi connectivity index (χ2v) is 7.05. The van der Waals surface area contributed by atoms with Crippen molar-refractivity contribution in [2.75, 3.05) is 13.1 Å². The fraction of sp³-hybridized carbons (Fsp3) is 0.421. The van der Waals surface area contributed by atoms with Crippen LogP contribution in [-0.4, -0.2) is 47.5 Å². The van der Waals surface area contributed by atoms with Crippen LogP contribution in [0.15, 0.2) is 47.9 Å². The zero-order valence-electron chi connectivity index (χ0n) is 15.4. The predicted molar refractivity (Wildman–Crippen MR) is 101 cm³/mol. The molecule has 8 nitrogen and oxygen atoms in total. The molecule has 3 aromatic heterocycles. The topological polar surface area (TPSA) is 81.7 Å². The molecule has 1 aliphatic rings. The van der Waals surface area contributed by atoms with Crippen molar-refractivity contribution in [2.24, 2.45) is 13.0 Å². The zero-order valence-corrected chi connectivity index (χ0v) is 15.4. The molecule has 8 heteroatoms. The molecule has 0 atom stereocenters. The number of piperidine rings is 1. The summed E-state index contributed by atoms with van der Waals surface area (Å²) < 4.78 is 1.73. The molecule has 3 aromatic rings. The summed E-state index contributed by atoms with van der Waals surface area (Å²) >= 11 is 0. The van der Waals surface area contributed by atoms with Gasteiger partial charge in [0.1, 0.15) is 0 Å². The lowest BCUT2D eigenvalue weighted by Gasteiger charge is -2.31. The maximum atomic E-state index is 12.5. The van der Waals surface area contributed by atoms with Crippen molar-refractivity contribution in [1.29, 1.82) is 0 Å². The maximum Gasteiger partial charge on any atom is 0.253 e. The van der Waals surface area contributed by atoms with E-state index in [1.54, 1.807) is 34.2 Å². The van der Waals surface area contributed by atoms with E-state index in [9.17, 15) is 4.79 Å². The largest absolute Gasteiger partial charge is 0.299 e. The summed E-state index contributed by atoms with van der Waals surface area (Å²) in [5.41, 5.74) is 2.52. The highest BCUT2D eigenvalue weighted by Gasteiger charge is 2.20. The molecule has 140 valence electrons. The van der Waals surface area contributed by atoms with Crippen LogP contribution in [0.3, 0.4) is 0 Å². The van der Waals surface area contributed by atoms with E-state index in [1.165, 1.54) is 0 Å². The quantitative estimate of drug-likeness (QED) is 0.679. The van der Waals surface area contributed by atoms with Gasteiger partial charge in [-0.2, -0.15) is 15.0 Å². The first kappa shape index (κ1) is 17.5. The van der Waals surface area contributed by atoms with Gasteiger partial charge in [-0.1, -0.05) is 0 Å². The smallest absolute Gasteiger partial charge is 0.253 e. The van der Waals surface area contributed by atoms with Crippen LogP contribution >= 0.6 is 0 Å². The Morgan fingerprint density at radius 2 is 2.07 bits per heavy atom. The SMILES string of the molecule is Cn1ncc(CN2CCC(Cn3cnc(-c4cccnc4)cc3=O)CC2)n1. The molecule has 0 saturated carbocycles. The van der Waals surface area contributed by atoms with Crippen LogP contribution in [0, 0.1) is 5.92 Å². The Kier molecular flexibility index (Phi) is 5.06. The highest BCUT2D eigenvalue weighted by Crippen LogP contribution is 2.20. The molecule has 1 aliphatic heterocycles. The van der Waals surface area contributed by atoms with Crippen molar-refractivity contribution in [3.63, 3.8) is 0 Å². The molecule has 0 N–H and O–H groups in total. The highest BCUT2D eigenvalue weighted by atomic mass is 16.1. The minimum Gasteiger partial charge on any atom is -0.299 e. The zero-order chi connectivity index (χ0) is 18.6. The van der Waals surface area contributed by atoms with Gasteiger partial charge in [-0.15, -0.1) is 0 Å². The van der Waals surface area contributed by atoms with Crippen LogP contribution in [0.1, 0.15) is 18.5 Å². The van der Waals surface area contributed by atoms with Crippen molar-refractivity contribution < 1.29 is 0 Å². The third-order valence-electron chi connectivity index (χ3n) is 5.03. The maximum absolute atomic E-state index is 12.5. The Morgan fingerprint density at radius 3 is 2.74 bits per heavy atom. The van der Waals surface area contributed by atoms with Gasteiger partial charge in [-0.25, -0.2) is 4.98 Å². The molecular weight excluding hydrogens is 342 g/mol. The fourth-order valence-corrected chi connectivity index (χ4v) is 3.53. The van der Waals surface area contributed by atoms with E-state index in [1.807, 2.05) is 25.4 Å². The van der Waals surface area contributed by atoms with Gasteiger partial charge in [-0.3, -0.25) is 19.2 Å². The van der Waals surface area contributed by atoms with Crippen LogP contribution < -0.4 is 5.56 Å². The van der Waals surface area contributed by atoms with Gasteiger partial charge < -0.3 is 0 Å². The Labute approximate surface area is 157 Å². The summed E-state index contributed by atoms with van der Waals surface area (Å²) in [6, 6.07) is 5.35. The number of aromatic nitrogens is 6. The fourth-order valence-electron chi connectivity index (χ4n) is 3.53. The minimum absolute atomic E-state index is 0.00848. The molecule has 4 heterocycles. The van der Waals surface area contributed by atoms with Gasteiger partial charge in [0.25, 0.3) is 5.56 Å². The molecule has 0 bridgehead atoms. The first-order chi connectivity index (χ1) is 13.2. The highest BCUT2D eigenvalue weighted by molar-refractivity contribution is 5.56. The molecule has 0 spiro atoms. The average Bonchev–Trinajstić information content (AvgIpc) is 3.10. The van der Waals surface area contributed by atoms with Crippen molar-refractivity contribution in [1.82, 2.24) is 34.4 Å². The van der Waals surface area contributed by atoms with Gasteiger partial charge in [0.15, 0.2) is 0 Å². The summed E-state index contributed by atoms with van der Waals surface area (Å²) in [5.74, 6) is 0.492. The number of nitrogens with zero attached hydrogens (tertiary/aromatic N) is 7. The number of rotatable bonds is 5. The predicted octanol–water partition coefficient (Wildman–Crippen LogP) is 1.35. The standard InChI is InChI=1S/C19H23N7O/c1-24-22-11-17(23-24)13-25-7-4-15(5-8-25)12-26-14-21-18(9-19(26)27)16-3-2-6-20-10-16/h2-3,6,9-11,14-15H,4-5,7-8,12-13H2,1H3. The number of pyridine rings is 1. The Hall–Kier alpha value is -2.87. The molecule has 1 saturated heterocycles. The summed E-state index contributed by atoms with van der Waals surface area (Å²) in [4.78, 5) is 25.0. The van der Waals surface area contributed by atoms with Crippen molar-refractivity contribution in [2.45, 2.75) is 25.9 Å². The summed E-state index contributed by atoms with van der Waals surface area (Å²) in [7, 11) is 1.83. The van der Waals surface area contributed by atoms with Crippen LogP contribution in [0.4, 0.5) is 0 Å². The van der Waals surface area contributed by atoms with Crippen LogP contribution in [0.25, 0.3) is 11.3 Å². The van der Waals surface area contributed by atoms with Crippen LogP contribution in [0.2, 0.25) is 0 Å². The van der Waals surface area contributed by atoms with Gasteiger partial charge >= 0.3 is 0 Å². The lowest BCUT2D eigenvalue weighted by atomic mass is 9.96. The molecule has 0 radical (unpaired) electrons. The van der Waals surface area contributed by atoms with E-state index in [2.05, 4.69) is 25.1 Å². The summed E-state index contributed by atoms with van der Waals surface area (Å²) in [6.07, 6.45) is 9.05. The van der Waals surface area contributed by atoms with E-state index < -0.39 is 0 Å². The van der Waals surface area contributed by atoms with Gasteiger partial charge in [0.05, 0.1) is 23.9 Å². The number of likely N-dealkylation sites (tertiary alicyclic amines) is 1. The van der Waals surface area contributed by atoms with E-state index >= 15 is 0 Å². The molecule has 0 unspecified atom stereocenters. The Bertz CT molecular complexity index is 942. The van der Waals surface area contributed by atoms with E-state index in [0.717, 1.165) is 50.3 Å². The number of hydrogen-bond donors (Lipinski definition) is 0. The van der Waals surface area contributed by atoms with Crippen molar-refractivity contribution in [3.8, 4) is 11.3 Å². The summed E-state index contributed by atoms with van der Waals surface area (Å²) in [6.45, 7) is 3.58.